The van der Waals surface area contributed by atoms with Crippen LogP contribution in [0.4, 0.5) is 0 Å². The lowest BCUT2D eigenvalue weighted by Crippen LogP contribution is -2.18. The van der Waals surface area contributed by atoms with Crippen LogP contribution in [-0.2, 0) is 11.3 Å². The number of nitrogens with zero attached hydrogens (tertiary/aromatic N) is 3. The van der Waals surface area contributed by atoms with Gasteiger partial charge in [-0.05, 0) is 25.5 Å². The third kappa shape index (κ3) is 3.62. The normalized spacial score (nSPS) is 10.9. The Morgan fingerprint density at radius 3 is 2.89 bits per heavy atom. The second-order valence-corrected chi connectivity index (χ2v) is 4.61. The number of aryl methyl sites for hydroxylation is 2. The van der Waals surface area contributed by atoms with Crippen LogP contribution in [0.3, 0.4) is 0 Å². The van der Waals surface area contributed by atoms with Crippen LogP contribution < -0.4 is 5.32 Å². The van der Waals surface area contributed by atoms with Gasteiger partial charge in [0.1, 0.15) is 0 Å². The zero-order chi connectivity index (χ0) is 13.7. The number of nitrogens with one attached hydrogen (secondary N) is 1. The minimum absolute atomic E-state index is 0.700. The molecule has 1 heterocycles. The first-order valence-electron chi connectivity index (χ1n) is 6.39. The van der Waals surface area contributed by atoms with Gasteiger partial charge in [-0.3, -0.25) is 0 Å². The Bertz CT molecular complexity index is 536. The van der Waals surface area contributed by atoms with Crippen LogP contribution in [0.15, 0.2) is 24.4 Å². The number of aromatic nitrogens is 3. The maximum Gasteiger partial charge on any atom is 0.0969 e. The molecule has 5 nitrogen and oxygen atoms in total. The van der Waals surface area contributed by atoms with Crippen molar-refractivity contribution in [2.75, 3.05) is 20.3 Å². The highest BCUT2D eigenvalue weighted by atomic mass is 16.5. The molecule has 1 N–H and O–H groups in total. The van der Waals surface area contributed by atoms with Crippen molar-refractivity contribution in [1.29, 1.82) is 0 Å². The molecule has 0 radical (unpaired) electrons. The minimum atomic E-state index is 0.700. The largest absolute Gasteiger partial charge is 0.383 e. The van der Waals surface area contributed by atoms with Crippen LogP contribution >= 0.6 is 0 Å². The van der Waals surface area contributed by atoms with E-state index in [0.717, 1.165) is 17.9 Å². The predicted octanol–water partition coefficient (Wildman–Crippen LogP) is 1.62. The van der Waals surface area contributed by atoms with Crippen LogP contribution in [0.1, 0.15) is 16.8 Å². The van der Waals surface area contributed by atoms with Crippen LogP contribution in [0.5, 0.6) is 0 Å². The van der Waals surface area contributed by atoms with Gasteiger partial charge in [-0.1, -0.05) is 22.9 Å². The van der Waals surface area contributed by atoms with Gasteiger partial charge in [-0.2, -0.15) is 0 Å². The Morgan fingerprint density at radius 1 is 1.32 bits per heavy atom. The third-order valence-electron chi connectivity index (χ3n) is 2.93. The van der Waals surface area contributed by atoms with Crippen molar-refractivity contribution in [2.45, 2.75) is 20.4 Å². The highest BCUT2D eigenvalue weighted by Gasteiger charge is 2.05. The molecule has 19 heavy (non-hydrogen) atoms. The number of rotatable bonds is 6. The molecule has 0 spiro atoms. The Kier molecular flexibility index (Phi) is 4.65. The Labute approximate surface area is 113 Å². The van der Waals surface area contributed by atoms with Gasteiger partial charge in [-0.15, -0.1) is 5.10 Å². The molecular weight excluding hydrogens is 240 g/mol. The first kappa shape index (κ1) is 13.7. The lowest BCUT2D eigenvalue weighted by Gasteiger charge is -2.05. The van der Waals surface area contributed by atoms with Crippen LogP contribution in [0, 0.1) is 13.8 Å². The number of hydrogen-bond donors (Lipinski definition) is 1. The van der Waals surface area contributed by atoms with E-state index in [4.69, 9.17) is 4.74 Å². The fourth-order valence-corrected chi connectivity index (χ4v) is 1.95. The van der Waals surface area contributed by atoms with E-state index in [1.807, 2.05) is 10.9 Å². The van der Waals surface area contributed by atoms with E-state index in [2.05, 4.69) is 47.7 Å². The molecule has 0 bridgehead atoms. The Morgan fingerprint density at radius 2 is 2.16 bits per heavy atom. The van der Waals surface area contributed by atoms with Crippen molar-refractivity contribution in [3.8, 4) is 5.69 Å². The predicted molar refractivity (Wildman–Crippen MR) is 74.4 cm³/mol. The van der Waals surface area contributed by atoms with Gasteiger partial charge < -0.3 is 10.1 Å². The lowest BCUT2D eigenvalue weighted by atomic mass is 10.1. The van der Waals surface area contributed by atoms with Gasteiger partial charge in [0.25, 0.3) is 0 Å². The first-order valence-corrected chi connectivity index (χ1v) is 6.39. The van der Waals surface area contributed by atoms with Gasteiger partial charge in [0.15, 0.2) is 0 Å². The average molecular weight is 260 g/mol. The highest BCUT2D eigenvalue weighted by molar-refractivity contribution is 5.41. The van der Waals surface area contributed by atoms with Crippen molar-refractivity contribution in [3.63, 3.8) is 0 Å². The summed E-state index contributed by atoms with van der Waals surface area (Å²) < 4.78 is 6.80. The number of methoxy groups -OCH3 is 1. The Hall–Kier alpha value is -1.72. The number of ether oxygens (including phenoxy) is 1. The van der Waals surface area contributed by atoms with Crippen molar-refractivity contribution in [3.05, 3.63) is 41.2 Å². The van der Waals surface area contributed by atoms with Gasteiger partial charge in [-0.25, -0.2) is 4.68 Å². The molecule has 1 aromatic carbocycles. The van der Waals surface area contributed by atoms with Crippen molar-refractivity contribution in [1.82, 2.24) is 20.3 Å². The summed E-state index contributed by atoms with van der Waals surface area (Å²) in [5.41, 5.74) is 4.45. The average Bonchev–Trinajstić information content (AvgIpc) is 2.83. The topological polar surface area (TPSA) is 52.0 Å². The molecule has 2 aromatic rings. The highest BCUT2D eigenvalue weighted by Crippen LogP contribution is 2.14. The smallest absolute Gasteiger partial charge is 0.0969 e. The molecular formula is C14H20N4O. The molecule has 0 unspecified atom stereocenters. The third-order valence-corrected chi connectivity index (χ3v) is 2.93. The zero-order valence-corrected chi connectivity index (χ0v) is 11.7. The van der Waals surface area contributed by atoms with E-state index in [0.29, 0.717) is 13.2 Å². The molecule has 0 atom stereocenters. The van der Waals surface area contributed by atoms with Crippen LogP contribution in [-0.4, -0.2) is 35.3 Å². The van der Waals surface area contributed by atoms with E-state index in [1.54, 1.807) is 7.11 Å². The number of benzene rings is 1. The van der Waals surface area contributed by atoms with Crippen molar-refractivity contribution < 1.29 is 4.74 Å². The molecule has 2 rings (SSSR count). The van der Waals surface area contributed by atoms with E-state index < -0.39 is 0 Å². The lowest BCUT2D eigenvalue weighted by molar-refractivity contribution is 0.199. The summed E-state index contributed by atoms with van der Waals surface area (Å²) in [4.78, 5) is 0. The molecule has 0 aliphatic heterocycles. The van der Waals surface area contributed by atoms with Gasteiger partial charge in [0.05, 0.1) is 24.2 Å². The van der Waals surface area contributed by atoms with E-state index in [-0.39, 0.29) is 0 Å². The summed E-state index contributed by atoms with van der Waals surface area (Å²) in [6, 6.07) is 6.30. The molecule has 0 amide bonds. The summed E-state index contributed by atoms with van der Waals surface area (Å²) in [6.07, 6.45) is 1.96. The molecule has 0 saturated carbocycles. The summed E-state index contributed by atoms with van der Waals surface area (Å²) in [5, 5.41) is 11.6. The van der Waals surface area contributed by atoms with Crippen molar-refractivity contribution >= 4 is 0 Å². The molecule has 0 aliphatic carbocycles. The zero-order valence-electron chi connectivity index (χ0n) is 11.7. The summed E-state index contributed by atoms with van der Waals surface area (Å²) in [5.74, 6) is 0. The molecule has 0 saturated heterocycles. The molecule has 5 heteroatoms. The fraction of sp³-hybridized carbons (Fsp3) is 0.429. The van der Waals surface area contributed by atoms with Crippen molar-refractivity contribution in [2.24, 2.45) is 0 Å². The van der Waals surface area contributed by atoms with E-state index in [9.17, 15) is 0 Å². The van der Waals surface area contributed by atoms with Gasteiger partial charge >= 0.3 is 0 Å². The number of hydrogen-bond acceptors (Lipinski definition) is 4. The molecule has 1 aromatic heterocycles. The van der Waals surface area contributed by atoms with E-state index >= 15 is 0 Å². The maximum absolute atomic E-state index is 4.98. The first-order chi connectivity index (χ1) is 9.20. The second-order valence-electron chi connectivity index (χ2n) is 4.61. The summed E-state index contributed by atoms with van der Waals surface area (Å²) in [6.45, 7) is 6.39. The van der Waals surface area contributed by atoms with Crippen LogP contribution in [0.25, 0.3) is 5.69 Å². The monoisotopic (exact) mass is 260 g/mol. The summed E-state index contributed by atoms with van der Waals surface area (Å²) >= 11 is 0. The standard InChI is InChI=1S/C14H20N4O/c1-11-4-5-14(12(2)8-11)18-10-13(16-17-18)9-15-6-7-19-3/h4-5,8,10,15H,6-7,9H2,1-3H3. The quantitative estimate of drug-likeness (QED) is 0.802. The van der Waals surface area contributed by atoms with Crippen LogP contribution in [0.2, 0.25) is 0 Å². The fourth-order valence-electron chi connectivity index (χ4n) is 1.95. The van der Waals surface area contributed by atoms with Gasteiger partial charge in [0.2, 0.25) is 0 Å². The second kappa shape index (κ2) is 6.45. The molecule has 0 aliphatic rings. The molecule has 102 valence electrons. The van der Waals surface area contributed by atoms with Gasteiger partial charge in [0, 0.05) is 20.2 Å². The Balaban J connectivity index is 2.04. The maximum atomic E-state index is 4.98. The van der Waals surface area contributed by atoms with E-state index in [1.165, 1.54) is 11.1 Å². The molecule has 0 fully saturated rings. The SMILES string of the molecule is COCCNCc1cn(-c2ccc(C)cc2C)nn1. The minimum Gasteiger partial charge on any atom is -0.383 e. The summed E-state index contributed by atoms with van der Waals surface area (Å²) in [7, 11) is 1.69.